The monoisotopic (exact) mass is 793 g/mol. The summed E-state index contributed by atoms with van der Waals surface area (Å²) in [5.74, 6) is -2.49. The number of carbonyl (C=O) groups is 3. The van der Waals surface area contributed by atoms with Crippen molar-refractivity contribution >= 4 is 25.7 Å². The topological polar surface area (TPSA) is 172 Å². The SMILES string of the molecule is CC/C=C/C=C/C=C/C=C/C=C/CCCC(=O)OC(COC(=O)CCCCCCC/C=C/CCCCCCCCCCC)COP(=O)(O)OC[C@@H](N)C(=O)O. The molecule has 12 heteroatoms. The Labute approximate surface area is 331 Å². The molecule has 2 unspecified atom stereocenters. The molecule has 0 saturated carbocycles. The third kappa shape index (κ3) is 37.6. The summed E-state index contributed by atoms with van der Waals surface area (Å²) in [5.41, 5.74) is 5.32. The predicted molar refractivity (Wildman–Crippen MR) is 221 cm³/mol. The molecule has 0 rings (SSSR count). The zero-order valence-electron chi connectivity index (χ0n) is 33.7. The number of aliphatic carboxylic acids is 1. The van der Waals surface area contributed by atoms with Gasteiger partial charge in [0.1, 0.15) is 12.6 Å². The summed E-state index contributed by atoms with van der Waals surface area (Å²) in [6, 6.07) is -1.54. The molecule has 55 heavy (non-hydrogen) atoms. The van der Waals surface area contributed by atoms with Crippen LogP contribution in [0.25, 0.3) is 0 Å². The van der Waals surface area contributed by atoms with E-state index in [-0.39, 0.29) is 19.4 Å². The highest BCUT2D eigenvalue weighted by atomic mass is 31.2. The number of allylic oxidation sites excluding steroid dienone is 12. The van der Waals surface area contributed by atoms with Gasteiger partial charge in [-0.2, -0.15) is 0 Å². The Morgan fingerprint density at radius 3 is 1.62 bits per heavy atom. The van der Waals surface area contributed by atoms with Gasteiger partial charge in [-0.1, -0.05) is 157 Å². The fourth-order valence-electron chi connectivity index (χ4n) is 5.09. The maximum atomic E-state index is 12.5. The predicted octanol–water partition coefficient (Wildman–Crippen LogP) is 10.6. The first-order valence-electron chi connectivity index (χ1n) is 20.5. The lowest BCUT2D eigenvalue weighted by Gasteiger charge is -2.20. The van der Waals surface area contributed by atoms with Gasteiger partial charge >= 0.3 is 25.7 Å². The second kappa shape index (κ2) is 37.8. The molecule has 0 aliphatic rings. The van der Waals surface area contributed by atoms with Gasteiger partial charge in [-0.05, 0) is 51.4 Å². The Hall–Kier alpha value is -3.08. The second-order valence-electron chi connectivity index (χ2n) is 13.5. The van der Waals surface area contributed by atoms with E-state index >= 15 is 0 Å². The molecule has 0 aliphatic carbocycles. The summed E-state index contributed by atoms with van der Waals surface area (Å²) in [6.45, 7) is 2.55. The van der Waals surface area contributed by atoms with E-state index in [1.807, 2.05) is 54.7 Å². The van der Waals surface area contributed by atoms with Crippen LogP contribution in [0.3, 0.4) is 0 Å². The minimum absolute atomic E-state index is 0.0598. The molecule has 0 bridgehead atoms. The zero-order chi connectivity index (χ0) is 40.7. The summed E-state index contributed by atoms with van der Waals surface area (Å²) in [5, 5.41) is 8.87. The number of ether oxygens (including phenoxy) is 2. The van der Waals surface area contributed by atoms with E-state index in [1.165, 1.54) is 57.8 Å². The lowest BCUT2D eigenvalue weighted by atomic mass is 10.1. The number of esters is 2. The Balaban J connectivity index is 4.48. The number of nitrogens with two attached hydrogens (primary N) is 1. The largest absolute Gasteiger partial charge is 0.480 e. The van der Waals surface area contributed by atoms with E-state index < -0.39 is 51.1 Å². The average molecular weight is 794 g/mol. The minimum Gasteiger partial charge on any atom is -0.480 e. The van der Waals surface area contributed by atoms with Crippen molar-refractivity contribution in [1.29, 1.82) is 0 Å². The number of hydrogen-bond acceptors (Lipinski definition) is 9. The first-order valence-corrected chi connectivity index (χ1v) is 22.0. The summed E-state index contributed by atoms with van der Waals surface area (Å²) >= 11 is 0. The lowest BCUT2D eigenvalue weighted by molar-refractivity contribution is -0.161. The number of rotatable bonds is 37. The molecule has 0 aliphatic heterocycles. The van der Waals surface area contributed by atoms with Crippen LogP contribution in [0.1, 0.15) is 149 Å². The van der Waals surface area contributed by atoms with Crippen LogP contribution >= 0.6 is 7.82 Å². The molecule has 0 heterocycles. The van der Waals surface area contributed by atoms with Gasteiger partial charge in [0.25, 0.3) is 0 Å². The fourth-order valence-corrected chi connectivity index (χ4v) is 5.87. The molecule has 0 radical (unpaired) electrons. The maximum absolute atomic E-state index is 12.5. The molecular weight excluding hydrogens is 721 g/mol. The van der Waals surface area contributed by atoms with Crippen LogP contribution in [0, 0.1) is 0 Å². The number of hydrogen-bond donors (Lipinski definition) is 3. The number of carboxylic acids is 1. The Kier molecular flexibility index (Phi) is 35.7. The van der Waals surface area contributed by atoms with Crippen LogP contribution in [0.5, 0.6) is 0 Å². The van der Waals surface area contributed by atoms with Crippen LogP contribution < -0.4 is 5.73 Å². The van der Waals surface area contributed by atoms with Crippen molar-refractivity contribution in [3.8, 4) is 0 Å². The molecule has 314 valence electrons. The Morgan fingerprint density at radius 2 is 1.05 bits per heavy atom. The lowest BCUT2D eigenvalue weighted by Crippen LogP contribution is -2.34. The van der Waals surface area contributed by atoms with E-state index in [2.05, 4.69) is 36.6 Å². The Morgan fingerprint density at radius 1 is 0.582 bits per heavy atom. The highest BCUT2D eigenvalue weighted by molar-refractivity contribution is 7.47. The van der Waals surface area contributed by atoms with Gasteiger partial charge in [0.15, 0.2) is 6.10 Å². The summed E-state index contributed by atoms with van der Waals surface area (Å²) in [4.78, 5) is 45.8. The van der Waals surface area contributed by atoms with E-state index in [9.17, 15) is 23.8 Å². The van der Waals surface area contributed by atoms with Crippen LogP contribution in [-0.4, -0.2) is 59.9 Å². The van der Waals surface area contributed by atoms with Gasteiger partial charge < -0.3 is 25.2 Å². The molecule has 0 aromatic carbocycles. The van der Waals surface area contributed by atoms with Crippen LogP contribution in [0.4, 0.5) is 0 Å². The second-order valence-corrected chi connectivity index (χ2v) is 15.0. The van der Waals surface area contributed by atoms with E-state index in [0.717, 1.165) is 44.9 Å². The third-order valence-corrected chi connectivity index (χ3v) is 9.27. The van der Waals surface area contributed by atoms with Gasteiger partial charge in [0.2, 0.25) is 0 Å². The summed E-state index contributed by atoms with van der Waals surface area (Å²) in [6.07, 6.45) is 44.2. The molecule has 11 nitrogen and oxygen atoms in total. The van der Waals surface area contributed by atoms with Gasteiger partial charge in [0.05, 0.1) is 13.2 Å². The van der Waals surface area contributed by atoms with E-state index in [4.69, 9.17) is 24.8 Å². The standard InChI is InChI=1S/C43H72NO10P/c1-3-5-7-9-11-13-15-17-18-19-20-21-23-24-26-28-30-32-34-41(45)51-36-39(37-52-55(49,50)53-38-40(44)43(47)48)54-42(46)35-33-31-29-27-25-22-16-14-12-10-8-6-4-2/h6,8,10,12,14,16,20-22,25,27,29,39-40H,3-5,7,9,11,13,15,17-19,23-24,26,28,30-38,44H2,1-2H3,(H,47,48)(H,49,50)/b8-6+,12-10+,16-14+,21-20+,25-22+,29-27+/t39?,40-/m1/s1. The minimum atomic E-state index is -4.74. The zero-order valence-corrected chi connectivity index (χ0v) is 34.6. The highest BCUT2D eigenvalue weighted by Crippen LogP contribution is 2.43. The highest BCUT2D eigenvalue weighted by Gasteiger charge is 2.28. The first kappa shape index (κ1) is 51.9. The maximum Gasteiger partial charge on any atom is 0.472 e. The molecule has 0 aromatic rings. The number of phosphoric ester groups is 1. The van der Waals surface area contributed by atoms with Crippen LogP contribution in [0.15, 0.2) is 72.9 Å². The molecule has 0 spiro atoms. The van der Waals surface area contributed by atoms with Gasteiger partial charge in [0, 0.05) is 12.8 Å². The van der Waals surface area contributed by atoms with Crippen molar-refractivity contribution in [1.82, 2.24) is 0 Å². The van der Waals surface area contributed by atoms with Crippen molar-refractivity contribution in [2.75, 3.05) is 19.8 Å². The summed E-state index contributed by atoms with van der Waals surface area (Å²) < 4.78 is 32.5. The van der Waals surface area contributed by atoms with Gasteiger partial charge in [-0.3, -0.25) is 23.4 Å². The number of carboxylic acid groups (broad SMARTS) is 1. The van der Waals surface area contributed by atoms with Crippen molar-refractivity contribution < 1.29 is 47.5 Å². The number of phosphoric acid groups is 1. The molecule has 0 amide bonds. The number of unbranched alkanes of at least 4 members (excludes halogenated alkanes) is 15. The van der Waals surface area contributed by atoms with Crippen molar-refractivity contribution in [2.45, 2.75) is 161 Å². The van der Waals surface area contributed by atoms with Crippen molar-refractivity contribution in [3.05, 3.63) is 72.9 Å². The molecule has 0 aromatic heterocycles. The van der Waals surface area contributed by atoms with E-state index in [1.54, 1.807) is 0 Å². The smallest absolute Gasteiger partial charge is 0.472 e. The van der Waals surface area contributed by atoms with E-state index in [0.29, 0.717) is 19.3 Å². The summed E-state index contributed by atoms with van der Waals surface area (Å²) in [7, 11) is -4.74. The quantitative estimate of drug-likeness (QED) is 0.0180. The normalized spacial score (nSPS) is 14.5. The molecule has 0 saturated heterocycles. The first-order chi connectivity index (χ1) is 26.6. The molecular formula is C43H72NO10P. The van der Waals surface area contributed by atoms with Crippen LogP contribution in [-0.2, 0) is 37.5 Å². The van der Waals surface area contributed by atoms with Crippen LogP contribution in [0.2, 0.25) is 0 Å². The average Bonchev–Trinajstić information content (AvgIpc) is 3.16. The Bertz CT molecular complexity index is 1210. The molecule has 3 atom stereocenters. The number of carbonyl (C=O) groups excluding carboxylic acids is 2. The third-order valence-electron chi connectivity index (χ3n) is 8.32. The van der Waals surface area contributed by atoms with Crippen molar-refractivity contribution in [2.24, 2.45) is 5.73 Å². The van der Waals surface area contributed by atoms with Gasteiger partial charge in [-0.25, -0.2) is 4.57 Å². The fraction of sp³-hybridized carbons (Fsp3) is 0.651. The molecule has 0 fully saturated rings. The van der Waals surface area contributed by atoms with Gasteiger partial charge in [-0.15, -0.1) is 0 Å². The van der Waals surface area contributed by atoms with Crippen molar-refractivity contribution in [3.63, 3.8) is 0 Å². The molecule has 4 N–H and O–H groups in total.